The summed E-state index contributed by atoms with van der Waals surface area (Å²) in [5, 5.41) is 3.22. The molecule has 21 heavy (non-hydrogen) atoms. The van der Waals surface area contributed by atoms with Crippen LogP contribution >= 0.6 is 31.9 Å². The molecule has 1 aliphatic heterocycles. The molecule has 110 valence electrons. The molecule has 3 rings (SSSR count). The molecule has 0 bridgehead atoms. The van der Waals surface area contributed by atoms with Crippen molar-refractivity contribution in [3.05, 3.63) is 50.9 Å². The van der Waals surface area contributed by atoms with Crippen LogP contribution in [0.25, 0.3) is 0 Å². The smallest absolute Gasteiger partial charge is 0.261 e. The lowest BCUT2D eigenvalue weighted by Gasteiger charge is -2.12. The molecule has 0 saturated carbocycles. The number of sulfonamides is 1. The monoisotopic (exact) mass is 430 g/mol. The van der Waals surface area contributed by atoms with Gasteiger partial charge in [-0.3, -0.25) is 4.72 Å². The summed E-state index contributed by atoms with van der Waals surface area (Å²) in [5.41, 5.74) is 2.54. The quantitative estimate of drug-likeness (QED) is 0.772. The Morgan fingerprint density at radius 3 is 2.52 bits per heavy atom. The van der Waals surface area contributed by atoms with Gasteiger partial charge in [-0.1, -0.05) is 6.07 Å². The number of para-hydroxylation sites is 1. The third-order valence-electron chi connectivity index (χ3n) is 3.30. The summed E-state index contributed by atoms with van der Waals surface area (Å²) >= 11 is 6.71. The van der Waals surface area contributed by atoms with E-state index in [0.717, 1.165) is 24.2 Å². The molecule has 2 aromatic rings. The van der Waals surface area contributed by atoms with Crippen molar-refractivity contribution in [2.45, 2.75) is 11.3 Å². The van der Waals surface area contributed by atoms with Crippen LogP contribution in [0.5, 0.6) is 0 Å². The number of hydrogen-bond donors (Lipinski definition) is 2. The molecule has 0 radical (unpaired) electrons. The third kappa shape index (κ3) is 2.95. The van der Waals surface area contributed by atoms with Crippen molar-refractivity contribution in [3.63, 3.8) is 0 Å². The van der Waals surface area contributed by atoms with Gasteiger partial charge in [-0.15, -0.1) is 0 Å². The zero-order valence-electron chi connectivity index (χ0n) is 10.9. The minimum absolute atomic E-state index is 0.271. The molecule has 0 aromatic heterocycles. The highest BCUT2D eigenvalue weighted by molar-refractivity contribution is 9.11. The van der Waals surface area contributed by atoms with Gasteiger partial charge in [-0.05, 0) is 74.2 Å². The standard InChI is InChI=1S/C14H12Br2N2O2S/c15-11-2-1-3-12(16)14(11)18-21(19,20)10-4-5-13-9(8-10)6-7-17-13/h1-5,8,17-18H,6-7H2. The Kier molecular flexibility index (Phi) is 3.98. The maximum absolute atomic E-state index is 12.5. The maximum Gasteiger partial charge on any atom is 0.261 e. The molecule has 1 heterocycles. The number of anilines is 2. The number of fused-ring (bicyclic) bond motifs is 1. The van der Waals surface area contributed by atoms with Crippen molar-refractivity contribution in [1.29, 1.82) is 0 Å². The molecule has 4 nitrogen and oxygen atoms in total. The van der Waals surface area contributed by atoms with Gasteiger partial charge in [0.1, 0.15) is 0 Å². The number of nitrogens with one attached hydrogen (secondary N) is 2. The Bertz CT molecular complexity index is 786. The first-order chi connectivity index (χ1) is 9.97. The van der Waals surface area contributed by atoms with Crippen molar-refractivity contribution in [2.75, 3.05) is 16.6 Å². The topological polar surface area (TPSA) is 58.2 Å². The second-order valence-electron chi connectivity index (χ2n) is 4.70. The minimum Gasteiger partial charge on any atom is -0.384 e. The molecule has 0 saturated heterocycles. The molecule has 1 aliphatic rings. The molecule has 2 aromatic carbocycles. The summed E-state index contributed by atoms with van der Waals surface area (Å²) < 4.78 is 29.1. The lowest BCUT2D eigenvalue weighted by Crippen LogP contribution is -2.14. The molecular weight excluding hydrogens is 420 g/mol. The van der Waals surface area contributed by atoms with Crippen LogP contribution in [-0.2, 0) is 16.4 Å². The fourth-order valence-corrected chi connectivity index (χ4v) is 4.85. The van der Waals surface area contributed by atoms with E-state index in [0.29, 0.717) is 14.6 Å². The molecule has 0 aliphatic carbocycles. The minimum atomic E-state index is -3.62. The largest absolute Gasteiger partial charge is 0.384 e. The summed E-state index contributed by atoms with van der Waals surface area (Å²) in [6.45, 7) is 0.849. The van der Waals surface area contributed by atoms with Crippen molar-refractivity contribution in [1.82, 2.24) is 0 Å². The zero-order chi connectivity index (χ0) is 15.0. The molecule has 7 heteroatoms. The summed E-state index contributed by atoms with van der Waals surface area (Å²) in [5.74, 6) is 0. The molecule has 0 spiro atoms. The van der Waals surface area contributed by atoms with Gasteiger partial charge in [0.2, 0.25) is 0 Å². The van der Waals surface area contributed by atoms with Crippen LogP contribution in [0.4, 0.5) is 11.4 Å². The van der Waals surface area contributed by atoms with E-state index in [4.69, 9.17) is 0 Å². The fraction of sp³-hybridized carbons (Fsp3) is 0.143. The van der Waals surface area contributed by atoms with Crippen LogP contribution < -0.4 is 10.0 Å². The maximum atomic E-state index is 12.5. The van der Waals surface area contributed by atoms with Crippen molar-refractivity contribution in [3.8, 4) is 0 Å². The SMILES string of the molecule is O=S(=O)(Nc1c(Br)cccc1Br)c1ccc2c(c1)CCN2. The molecule has 0 fully saturated rings. The zero-order valence-corrected chi connectivity index (χ0v) is 14.8. The van der Waals surface area contributed by atoms with Gasteiger partial charge < -0.3 is 5.32 Å². The van der Waals surface area contributed by atoms with Crippen LogP contribution in [0.2, 0.25) is 0 Å². The Morgan fingerprint density at radius 1 is 1.10 bits per heavy atom. The fourth-order valence-electron chi connectivity index (χ4n) is 2.24. The lowest BCUT2D eigenvalue weighted by atomic mass is 10.2. The second kappa shape index (κ2) is 5.62. The molecule has 0 unspecified atom stereocenters. The van der Waals surface area contributed by atoms with Gasteiger partial charge >= 0.3 is 0 Å². The van der Waals surface area contributed by atoms with Crippen LogP contribution in [0.1, 0.15) is 5.56 Å². The summed E-state index contributed by atoms with van der Waals surface area (Å²) in [6.07, 6.45) is 0.845. The van der Waals surface area contributed by atoms with Gasteiger partial charge in [0, 0.05) is 21.2 Å². The first kappa shape index (κ1) is 14.9. The van der Waals surface area contributed by atoms with E-state index in [2.05, 4.69) is 41.9 Å². The number of halogens is 2. The molecular formula is C14H12Br2N2O2S. The molecule has 0 atom stereocenters. The van der Waals surface area contributed by atoms with Crippen LogP contribution in [0.15, 0.2) is 50.2 Å². The number of rotatable bonds is 3. The highest BCUT2D eigenvalue weighted by atomic mass is 79.9. The Morgan fingerprint density at radius 2 is 1.81 bits per heavy atom. The van der Waals surface area contributed by atoms with Gasteiger partial charge in [0.15, 0.2) is 0 Å². The summed E-state index contributed by atoms with van der Waals surface area (Å²) in [7, 11) is -3.62. The van der Waals surface area contributed by atoms with Gasteiger partial charge in [0.05, 0.1) is 10.6 Å². The van der Waals surface area contributed by atoms with E-state index in [1.807, 2.05) is 12.1 Å². The Labute approximate surface area is 140 Å². The van der Waals surface area contributed by atoms with E-state index in [1.54, 1.807) is 24.3 Å². The lowest BCUT2D eigenvalue weighted by molar-refractivity contribution is 0.601. The van der Waals surface area contributed by atoms with Crippen LogP contribution in [0.3, 0.4) is 0 Å². The summed E-state index contributed by atoms with van der Waals surface area (Å²) in [4.78, 5) is 0.271. The average Bonchev–Trinajstić information content (AvgIpc) is 2.90. The van der Waals surface area contributed by atoms with Crippen LogP contribution in [0, 0.1) is 0 Å². The highest BCUT2D eigenvalue weighted by Gasteiger charge is 2.20. The van der Waals surface area contributed by atoms with Crippen molar-refractivity contribution < 1.29 is 8.42 Å². The first-order valence-corrected chi connectivity index (χ1v) is 9.38. The Hall–Kier alpha value is -1.05. The van der Waals surface area contributed by atoms with E-state index < -0.39 is 10.0 Å². The molecule has 0 amide bonds. The van der Waals surface area contributed by atoms with Gasteiger partial charge in [-0.2, -0.15) is 0 Å². The number of hydrogen-bond acceptors (Lipinski definition) is 3. The van der Waals surface area contributed by atoms with E-state index in [1.165, 1.54) is 0 Å². The van der Waals surface area contributed by atoms with E-state index >= 15 is 0 Å². The normalized spacial score (nSPS) is 13.6. The third-order valence-corrected chi connectivity index (χ3v) is 5.97. The van der Waals surface area contributed by atoms with Gasteiger partial charge in [0.25, 0.3) is 10.0 Å². The van der Waals surface area contributed by atoms with Crippen LogP contribution in [-0.4, -0.2) is 15.0 Å². The predicted molar refractivity (Wildman–Crippen MR) is 91.3 cm³/mol. The average molecular weight is 432 g/mol. The highest BCUT2D eigenvalue weighted by Crippen LogP contribution is 2.33. The number of benzene rings is 2. The molecule has 2 N–H and O–H groups in total. The van der Waals surface area contributed by atoms with E-state index in [9.17, 15) is 8.42 Å². The summed E-state index contributed by atoms with van der Waals surface area (Å²) in [6, 6.07) is 10.6. The van der Waals surface area contributed by atoms with Crippen molar-refractivity contribution >= 4 is 53.3 Å². The predicted octanol–water partition coefficient (Wildman–Crippen LogP) is 3.98. The van der Waals surface area contributed by atoms with Crippen molar-refractivity contribution in [2.24, 2.45) is 0 Å². The first-order valence-electron chi connectivity index (χ1n) is 6.31. The Balaban J connectivity index is 1.98. The van der Waals surface area contributed by atoms with E-state index in [-0.39, 0.29) is 4.90 Å². The second-order valence-corrected chi connectivity index (χ2v) is 8.09. The van der Waals surface area contributed by atoms with Gasteiger partial charge in [-0.25, -0.2) is 8.42 Å².